The predicted molar refractivity (Wildman–Crippen MR) is 41.8 cm³/mol. The van der Waals surface area contributed by atoms with Gasteiger partial charge in [0.25, 0.3) is 0 Å². The number of hydrogen-bond donors (Lipinski definition) is 1. The van der Waals surface area contributed by atoms with Gasteiger partial charge in [-0.3, -0.25) is 4.21 Å². The standard InChI is InChI=1S/C6H15NOS/c1-4-5-6(7-2)9(3)8/h6-7H,4-5H2,1-3H3. The number of hydrogen-bond acceptors (Lipinski definition) is 2. The molecule has 1 N–H and O–H groups in total. The van der Waals surface area contributed by atoms with Crippen LogP contribution in [0.2, 0.25) is 0 Å². The van der Waals surface area contributed by atoms with E-state index in [9.17, 15) is 4.21 Å². The Labute approximate surface area is 59.5 Å². The minimum Gasteiger partial charge on any atom is -0.306 e. The second-order valence-corrected chi connectivity index (χ2v) is 3.63. The van der Waals surface area contributed by atoms with E-state index in [0.717, 1.165) is 12.8 Å². The summed E-state index contributed by atoms with van der Waals surface area (Å²) in [5.74, 6) is 0. The van der Waals surface area contributed by atoms with E-state index in [1.54, 1.807) is 6.26 Å². The largest absolute Gasteiger partial charge is 0.306 e. The van der Waals surface area contributed by atoms with Crippen LogP contribution in [0.4, 0.5) is 0 Å². The van der Waals surface area contributed by atoms with E-state index >= 15 is 0 Å². The van der Waals surface area contributed by atoms with Crippen LogP contribution in [-0.2, 0) is 10.8 Å². The van der Waals surface area contributed by atoms with Crippen molar-refractivity contribution in [1.29, 1.82) is 0 Å². The van der Waals surface area contributed by atoms with Gasteiger partial charge in [0.2, 0.25) is 0 Å². The fourth-order valence-electron chi connectivity index (χ4n) is 0.738. The Kier molecular flexibility index (Phi) is 5.00. The van der Waals surface area contributed by atoms with Crippen LogP contribution in [0.3, 0.4) is 0 Å². The third kappa shape index (κ3) is 3.65. The van der Waals surface area contributed by atoms with Gasteiger partial charge in [-0.25, -0.2) is 0 Å². The van der Waals surface area contributed by atoms with E-state index in [-0.39, 0.29) is 5.37 Å². The van der Waals surface area contributed by atoms with Gasteiger partial charge in [0, 0.05) is 17.1 Å². The molecule has 0 rings (SSSR count). The van der Waals surface area contributed by atoms with Gasteiger partial charge in [-0.05, 0) is 13.5 Å². The van der Waals surface area contributed by atoms with E-state index < -0.39 is 10.8 Å². The first-order chi connectivity index (χ1) is 4.22. The molecule has 0 aromatic heterocycles. The maximum Gasteiger partial charge on any atom is 0.0829 e. The molecule has 0 aromatic carbocycles. The van der Waals surface area contributed by atoms with Crippen LogP contribution in [0.1, 0.15) is 19.8 Å². The summed E-state index contributed by atoms with van der Waals surface area (Å²) in [5, 5.41) is 3.19. The van der Waals surface area contributed by atoms with E-state index in [2.05, 4.69) is 12.2 Å². The van der Waals surface area contributed by atoms with Crippen molar-refractivity contribution < 1.29 is 4.21 Å². The van der Waals surface area contributed by atoms with Crippen molar-refractivity contribution in [3.8, 4) is 0 Å². The van der Waals surface area contributed by atoms with Crippen molar-refractivity contribution in [2.24, 2.45) is 0 Å². The lowest BCUT2D eigenvalue weighted by Gasteiger charge is -2.10. The molecular weight excluding hydrogens is 134 g/mol. The highest BCUT2D eigenvalue weighted by atomic mass is 32.2. The van der Waals surface area contributed by atoms with E-state index in [4.69, 9.17) is 0 Å². The molecule has 2 atom stereocenters. The Morgan fingerprint density at radius 1 is 1.67 bits per heavy atom. The van der Waals surface area contributed by atoms with E-state index in [1.807, 2.05) is 7.05 Å². The average Bonchev–Trinajstić information content (AvgIpc) is 1.82. The van der Waals surface area contributed by atoms with Crippen LogP contribution >= 0.6 is 0 Å². The second-order valence-electron chi connectivity index (χ2n) is 2.06. The number of rotatable bonds is 4. The SMILES string of the molecule is CCCC(NC)S(C)=O. The molecule has 0 spiro atoms. The third-order valence-electron chi connectivity index (χ3n) is 1.27. The minimum atomic E-state index is -0.714. The Morgan fingerprint density at radius 2 is 2.22 bits per heavy atom. The lowest BCUT2D eigenvalue weighted by molar-refractivity contribution is 0.619. The van der Waals surface area contributed by atoms with Gasteiger partial charge < -0.3 is 5.32 Å². The first-order valence-electron chi connectivity index (χ1n) is 3.21. The smallest absolute Gasteiger partial charge is 0.0829 e. The summed E-state index contributed by atoms with van der Waals surface area (Å²) in [5.41, 5.74) is 0. The topological polar surface area (TPSA) is 29.1 Å². The molecule has 9 heavy (non-hydrogen) atoms. The van der Waals surface area contributed by atoms with Crippen molar-refractivity contribution in [1.82, 2.24) is 5.32 Å². The minimum absolute atomic E-state index is 0.190. The van der Waals surface area contributed by atoms with Gasteiger partial charge in [0.15, 0.2) is 0 Å². The molecule has 0 heterocycles. The molecule has 3 heteroatoms. The molecule has 0 radical (unpaired) electrons. The molecule has 0 amide bonds. The molecule has 0 aliphatic carbocycles. The van der Waals surface area contributed by atoms with Gasteiger partial charge in [0.1, 0.15) is 0 Å². The van der Waals surface area contributed by atoms with Crippen LogP contribution in [0.25, 0.3) is 0 Å². The summed E-state index contributed by atoms with van der Waals surface area (Å²) < 4.78 is 10.8. The summed E-state index contributed by atoms with van der Waals surface area (Å²) in [6, 6.07) is 0. The Bertz CT molecular complexity index is 95.1. The zero-order valence-electron chi connectivity index (χ0n) is 6.31. The molecule has 0 fully saturated rings. The van der Waals surface area contributed by atoms with Crippen molar-refractivity contribution in [2.45, 2.75) is 25.1 Å². The first kappa shape index (κ1) is 9.11. The highest BCUT2D eigenvalue weighted by Crippen LogP contribution is 1.98. The highest BCUT2D eigenvalue weighted by molar-refractivity contribution is 7.84. The monoisotopic (exact) mass is 149 g/mol. The van der Waals surface area contributed by atoms with Crippen LogP contribution in [0, 0.1) is 0 Å². The van der Waals surface area contributed by atoms with Crippen LogP contribution < -0.4 is 5.32 Å². The molecule has 2 nitrogen and oxygen atoms in total. The van der Waals surface area contributed by atoms with E-state index in [0.29, 0.717) is 0 Å². The van der Waals surface area contributed by atoms with Crippen molar-refractivity contribution in [2.75, 3.05) is 13.3 Å². The fourth-order valence-corrected chi connectivity index (χ4v) is 1.64. The zero-order chi connectivity index (χ0) is 7.28. The Balaban J connectivity index is 3.54. The van der Waals surface area contributed by atoms with Gasteiger partial charge in [0.05, 0.1) is 5.37 Å². The first-order valence-corrected chi connectivity index (χ1v) is 4.84. The molecular formula is C6H15NOS. The van der Waals surface area contributed by atoms with Crippen LogP contribution in [-0.4, -0.2) is 22.9 Å². The van der Waals surface area contributed by atoms with Crippen molar-refractivity contribution in [3.05, 3.63) is 0 Å². The van der Waals surface area contributed by atoms with Crippen molar-refractivity contribution in [3.63, 3.8) is 0 Å². The highest BCUT2D eigenvalue weighted by Gasteiger charge is 2.06. The second kappa shape index (κ2) is 4.94. The maximum atomic E-state index is 10.8. The predicted octanol–water partition coefficient (Wildman–Crippen LogP) is 0.711. The Morgan fingerprint density at radius 3 is 2.33 bits per heavy atom. The lowest BCUT2D eigenvalue weighted by atomic mass is 10.3. The lowest BCUT2D eigenvalue weighted by Crippen LogP contribution is -2.28. The summed E-state index contributed by atoms with van der Waals surface area (Å²) in [6.45, 7) is 2.09. The van der Waals surface area contributed by atoms with E-state index in [1.165, 1.54) is 0 Å². The van der Waals surface area contributed by atoms with Gasteiger partial charge in [-0.2, -0.15) is 0 Å². The molecule has 56 valence electrons. The van der Waals surface area contributed by atoms with Crippen molar-refractivity contribution >= 4 is 10.8 Å². The average molecular weight is 149 g/mol. The van der Waals surface area contributed by atoms with Crippen LogP contribution in [0.15, 0.2) is 0 Å². The molecule has 0 saturated heterocycles. The quantitative estimate of drug-likeness (QED) is 0.638. The molecule has 0 aliphatic rings. The molecule has 2 unspecified atom stereocenters. The molecule has 0 aromatic rings. The van der Waals surface area contributed by atoms with Gasteiger partial charge in [-0.15, -0.1) is 0 Å². The summed E-state index contributed by atoms with van der Waals surface area (Å²) in [4.78, 5) is 0. The summed E-state index contributed by atoms with van der Waals surface area (Å²) in [6.07, 6.45) is 3.82. The summed E-state index contributed by atoms with van der Waals surface area (Å²) >= 11 is 0. The van der Waals surface area contributed by atoms with Gasteiger partial charge in [-0.1, -0.05) is 13.3 Å². The molecule has 0 aliphatic heterocycles. The van der Waals surface area contributed by atoms with Gasteiger partial charge >= 0.3 is 0 Å². The van der Waals surface area contributed by atoms with Crippen LogP contribution in [0.5, 0.6) is 0 Å². The normalized spacial score (nSPS) is 17.2. The zero-order valence-corrected chi connectivity index (χ0v) is 7.12. The maximum absolute atomic E-state index is 10.8. The summed E-state index contributed by atoms with van der Waals surface area (Å²) in [7, 11) is 1.13. The fraction of sp³-hybridized carbons (Fsp3) is 1.00. The molecule has 0 saturated carbocycles. The number of nitrogens with one attached hydrogen (secondary N) is 1. The molecule has 0 bridgehead atoms. The third-order valence-corrected chi connectivity index (χ3v) is 2.55. The Hall–Kier alpha value is 0.110.